The summed E-state index contributed by atoms with van der Waals surface area (Å²) in [5, 5.41) is 3.12. The highest BCUT2D eigenvalue weighted by molar-refractivity contribution is 7.92. The Bertz CT molecular complexity index is 1220. The van der Waals surface area contributed by atoms with Crippen LogP contribution in [0.2, 0.25) is 5.02 Å². The molecule has 33 heavy (non-hydrogen) atoms. The molecule has 0 spiro atoms. The minimum atomic E-state index is -4.02. The van der Waals surface area contributed by atoms with E-state index in [4.69, 9.17) is 16.3 Å². The van der Waals surface area contributed by atoms with Crippen molar-refractivity contribution in [3.05, 3.63) is 88.7 Å². The number of benzene rings is 3. The molecule has 0 aliphatic carbocycles. The van der Waals surface area contributed by atoms with E-state index in [-0.39, 0.29) is 23.9 Å². The molecule has 6 nitrogen and oxygen atoms in total. The SMILES string of the molecule is Cc1ccc(S(=O)(=O)N(CC(=O)NCCOc2ccc(F)cc2)c2ccc(Cl)cc2C)cc1. The van der Waals surface area contributed by atoms with Crippen LogP contribution in [0.4, 0.5) is 10.1 Å². The summed E-state index contributed by atoms with van der Waals surface area (Å²) in [7, 11) is -4.02. The smallest absolute Gasteiger partial charge is 0.264 e. The summed E-state index contributed by atoms with van der Waals surface area (Å²) < 4.78 is 46.3. The molecule has 3 rings (SSSR count). The predicted molar refractivity (Wildman–Crippen MR) is 127 cm³/mol. The molecule has 0 bridgehead atoms. The Kier molecular flexibility index (Phi) is 7.94. The van der Waals surface area contributed by atoms with Crippen molar-refractivity contribution in [3.8, 4) is 5.75 Å². The normalized spacial score (nSPS) is 11.2. The third-order valence-electron chi connectivity index (χ3n) is 4.83. The average molecular weight is 491 g/mol. The van der Waals surface area contributed by atoms with Crippen molar-refractivity contribution < 1.29 is 22.3 Å². The standard InChI is InChI=1S/C24H24ClFN2O4S/c1-17-3-10-22(11-4-17)33(30,31)28(23-12-5-19(25)15-18(23)2)16-24(29)27-13-14-32-21-8-6-20(26)7-9-21/h3-12,15H,13-14,16H2,1-2H3,(H,27,29). The molecule has 1 N–H and O–H groups in total. The van der Waals surface area contributed by atoms with E-state index in [2.05, 4.69) is 5.32 Å². The molecule has 0 unspecified atom stereocenters. The van der Waals surface area contributed by atoms with Crippen LogP contribution in [0.15, 0.2) is 71.6 Å². The van der Waals surface area contributed by atoms with Crippen LogP contribution in [-0.4, -0.2) is 34.0 Å². The van der Waals surface area contributed by atoms with Crippen LogP contribution in [-0.2, 0) is 14.8 Å². The Morgan fingerprint density at radius 3 is 2.33 bits per heavy atom. The molecule has 0 aliphatic rings. The van der Waals surface area contributed by atoms with E-state index in [0.717, 1.165) is 9.87 Å². The van der Waals surface area contributed by atoms with Gasteiger partial charge in [0.25, 0.3) is 10.0 Å². The Hall–Kier alpha value is -3.10. The Balaban J connectivity index is 1.74. The molecule has 3 aromatic rings. The van der Waals surface area contributed by atoms with Crippen LogP contribution in [0.1, 0.15) is 11.1 Å². The van der Waals surface area contributed by atoms with Crippen LogP contribution < -0.4 is 14.4 Å². The van der Waals surface area contributed by atoms with E-state index in [1.54, 1.807) is 37.3 Å². The lowest BCUT2D eigenvalue weighted by Crippen LogP contribution is -2.42. The summed E-state index contributed by atoms with van der Waals surface area (Å²) in [5.41, 5.74) is 1.89. The largest absolute Gasteiger partial charge is 0.492 e. The molecule has 0 fully saturated rings. The fourth-order valence-corrected chi connectivity index (χ4v) is 4.82. The van der Waals surface area contributed by atoms with Gasteiger partial charge in [-0.2, -0.15) is 0 Å². The van der Waals surface area contributed by atoms with Crippen molar-refractivity contribution in [1.29, 1.82) is 0 Å². The van der Waals surface area contributed by atoms with E-state index in [0.29, 0.717) is 22.0 Å². The number of amides is 1. The van der Waals surface area contributed by atoms with Crippen molar-refractivity contribution in [2.75, 3.05) is 24.0 Å². The number of ether oxygens (including phenoxy) is 1. The zero-order valence-corrected chi connectivity index (χ0v) is 19.8. The van der Waals surface area contributed by atoms with Crippen molar-refractivity contribution in [2.24, 2.45) is 0 Å². The third kappa shape index (κ3) is 6.46. The molecule has 0 aromatic heterocycles. The number of halogens is 2. The van der Waals surface area contributed by atoms with Crippen molar-refractivity contribution in [2.45, 2.75) is 18.7 Å². The van der Waals surface area contributed by atoms with Gasteiger partial charge in [-0.25, -0.2) is 12.8 Å². The highest BCUT2D eigenvalue weighted by Crippen LogP contribution is 2.29. The summed E-state index contributed by atoms with van der Waals surface area (Å²) in [5.74, 6) is -0.406. The highest BCUT2D eigenvalue weighted by atomic mass is 35.5. The topological polar surface area (TPSA) is 75.7 Å². The maximum absolute atomic E-state index is 13.4. The molecular weight excluding hydrogens is 467 g/mol. The van der Waals surface area contributed by atoms with Crippen molar-refractivity contribution in [3.63, 3.8) is 0 Å². The summed E-state index contributed by atoms with van der Waals surface area (Å²) in [4.78, 5) is 12.7. The van der Waals surface area contributed by atoms with E-state index in [1.165, 1.54) is 36.4 Å². The van der Waals surface area contributed by atoms with Crippen LogP contribution in [0.25, 0.3) is 0 Å². The van der Waals surface area contributed by atoms with E-state index in [9.17, 15) is 17.6 Å². The number of nitrogens with one attached hydrogen (secondary N) is 1. The molecule has 0 aliphatic heterocycles. The Labute approximate surface area is 198 Å². The van der Waals surface area contributed by atoms with Crippen molar-refractivity contribution in [1.82, 2.24) is 5.32 Å². The molecule has 0 saturated carbocycles. The van der Waals surface area contributed by atoms with Gasteiger partial charge < -0.3 is 10.1 Å². The zero-order valence-electron chi connectivity index (χ0n) is 18.2. The first-order chi connectivity index (χ1) is 15.7. The lowest BCUT2D eigenvalue weighted by molar-refractivity contribution is -0.119. The van der Waals surface area contributed by atoms with Crippen LogP contribution >= 0.6 is 11.6 Å². The summed E-state index contributed by atoms with van der Waals surface area (Å²) in [6.45, 7) is 3.46. The molecule has 0 radical (unpaired) electrons. The van der Waals surface area contributed by atoms with Gasteiger partial charge in [-0.3, -0.25) is 9.10 Å². The molecule has 0 atom stereocenters. The van der Waals surface area contributed by atoms with E-state index < -0.39 is 22.5 Å². The summed E-state index contributed by atoms with van der Waals surface area (Å²) in [6.07, 6.45) is 0. The molecule has 0 saturated heterocycles. The van der Waals surface area contributed by atoms with Crippen LogP contribution in [0.5, 0.6) is 5.75 Å². The average Bonchev–Trinajstić information content (AvgIpc) is 2.77. The van der Waals surface area contributed by atoms with Gasteiger partial charge in [-0.15, -0.1) is 0 Å². The predicted octanol–water partition coefficient (Wildman–Crippen LogP) is 4.49. The van der Waals surface area contributed by atoms with Gasteiger partial charge in [0.1, 0.15) is 24.7 Å². The highest BCUT2D eigenvalue weighted by Gasteiger charge is 2.28. The quantitative estimate of drug-likeness (QED) is 0.448. The third-order valence-corrected chi connectivity index (χ3v) is 6.84. The van der Waals surface area contributed by atoms with Crippen molar-refractivity contribution >= 4 is 33.2 Å². The second-order valence-corrected chi connectivity index (χ2v) is 9.71. The number of sulfonamides is 1. The number of nitrogens with zero attached hydrogens (tertiary/aromatic N) is 1. The van der Waals surface area contributed by atoms with Gasteiger partial charge in [0.2, 0.25) is 5.91 Å². The van der Waals surface area contributed by atoms with Gasteiger partial charge in [0.05, 0.1) is 17.1 Å². The Morgan fingerprint density at radius 2 is 1.70 bits per heavy atom. The number of hydrogen-bond donors (Lipinski definition) is 1. The lowest BCUT2D eigenvalue weighted by atomic mass is 10.2. The second kappa shape index (κ2) is 10.7. The fourth-order valence-electron chi connectivity index (χ4n) is 3.11. The van der Waals surface area contributed by atoms with Crippen LogP contribution in [0, 0.1) is 19.7 Å². The van der Waals surface area contributed by atoms with E-state index in [1.807, 2.05) is 6.92 Å². The molecule has 0 heterocycles. The van der Waals surface area contributed by atoms with Gasteiger partial charge in [0.15, 0.2) is 0 Å². The van der Waals surface area contributed by atoms with Gasteiger partial charge >= 0.3 is 0 Å². The second-order valence-electron chi connectivity index (χ2n) is 7.41. The molecular formula is C24H24ClFN2O4S. The maximum atomic E-state index is 13.4. The number of aryl methyl sites for hydroxylation is 2. The lowest BCUT2D eigenvalue weighted by Gasteiger charge is -2.26. The van der Waals surface area contributed by atoms with Gasteiger partial charge in [0, 0.05) is 5.02 Å². The molecule has 174 valence electrons. The number of rotatable bonds is 9. The first-order valence-electron chi connectivity index (χ1n) is 10.2. The Morgan fingerprint density at radius 1 is 1.03 bits per heavy atom. The molecule has 9 heteroatoms. The number of carbonyl (C=O) groups excluding carboxylic acids is 1. The first kappa shape index (κ1) is 24.5. The minimum Gasteiger partial charge on any atom is -0.492 e. The minimum absolute atomic E-state index is 0.0786. The van der Waals surface area contributed by atoms with Crippen LogP contribution in [0.3, 0.4) is 0 Å². The number of anilines is 1. The zero-order chi connectivity index (χ0) is 24.0. The summed E-state index contributed by atoms with van der Waals surface area (Å²) in [6, 6.07) is 16.7. The number of carbonyl (C=O) groups is 1. The molecule has 3 aromatic carbocycles. The first-order valence-corrected chi connectivity index (χ1v) is 12.0. The maximum Gasteiger partial charge on any atom is 0.264 e. The van der Waals surface area contributed by atoms with Gasteiger partial charge in [-0.05, 0) is 74.0 Å². The van der Waals surface area contributed by atoms with E-state index >= 15 is 0 Å². The fraction of sp³-hybridized carbons (Fsp3) is 0.208. The number of hydrogen-bond acceptors (Lipinski definition) is 4. The van der Waals surface area contributed by atoms with Gasteiger partial charge in [-0.1, -0.05) is 29.3 Å². The summed E-state index contributed by atoms with van der Waals surface area (Å²) >= 11 is 6.04. The monoisotopic (exact) mass is 490 g/mol. The molecule has 1 amide bonds.